The molecule has 0 fully saturated rings. The molecule has 0 radical (unpaired) electrons. The van der Waals surface area contributed by atoms with Crippen LogP contribution in [-0.4, -0.2) is 35.5 Å². The van der Waals surface area contributed by atoms with Crippen LogP contribution in [0, 0.1) is 0 Å². The van der Waals surface area contributed by atoms with Crippen molar-refractivity contribution in [2.45, 2.75) is 37.9 Å². The summed E-state index contributed by atoms with van der Waals surface area (Å²) in [6.07, 6.45) is 0.00355. The molecule has 1 rings (SSSR count). The van der Waals surface area contributed by atoms with Crippen LogP contribution in [0.25, 0.3) is 0 Å². The maximum absolute atomic E-state index is 10.9. The smallest absolute Gasteiger partial charge is 0.308 e. The van der Waals surface area contributed by atoms with Crippen LogP contribution in [0.1, 0.15) is 24.8 Å². The molecule has 0 spiro atoms. The summed E-state index contributed by atoms with van der Waals surface area (Å²) >= 11 is 0. The maximum Gasteiger partial charge on any atom is 0.308 e. The van der Waals surface area contributed by atoms with Crippen molar-refractivity contribution in [3.63, 3.8) is 0 Å². The van der Waals surface area contributed by atoms with Crippen molar-refractivity contribution in [3.8, 4) is 0 Å². The number of aliphatic hydroxyl groups is 2. The Kier molecular flexibility index (Phi) is 6.39. The number of hydrogen-bond acceptors (Lipinski definition) is 4. The SMILES string of the molecule is COC(=O)C[C@@H](O)C[C@H](O)CCc1ccccc1. The Balaban J connectivity index is 2.25. The lowest BCUT2D eigenvalue weighted by molar-refractivity contribution is -0.143. The van der Waals surface area contributed by atoms with Crippen molar-refractivity contribution in [2.24, 2.45) is 0 Å². The second-order valence-electron chi connectivity index (χ2n) is 4.35. The molecule has 0 saturated heterocycles. The molecule has 1 aromatic rings. The fourth-order valence-electron chi connectivity index (χ4n) is 1.77. The predicted molar refractivity (Wildman–Crippen MR) is 68.0 cm³/mol. The molecule has 0 bridgehead atoms. The van der Waals surface area contributed by atoms with Crippen molar-refractivity contribution in [1.29, 1.82) is 0 Å². The molecule has 0 saturated carbocycles. The molecule has 0 aromatic heterocycles. The van der Waals surface area contributed by atoms with E-state index in [0.717, 1.165) is 12.0 Å². The summed E-state index contributed by atoms with van der Waals surface area (Å²) in [5.41, 5.74) is 1.15. The van der Waals surface area contributed by atoms with E-state index in [2.05, 4.69) is 4.74 Å². The Morgan fingerprint density at radius 2 is 1.89 bits per heavy atom. The number of esters is 1. The van der Waals surface area contributed by atoms with E-state index in [4.69, 9.17) is 0 Å². The molecule has 0 aliphatic heterocycles. The van der Waals surface area contributed by atoms with Gasteiger partial charge in [-0.15, -0.1) is 0 Å². The fourth-order valence-corrected chi connectivity index (χ4v) is 1.77. The quantitative estimate of drug-likeness (QED) is 0.718. The summed E-state index contributed by atoms with van der Waals surface area (Å²) < 4.78 is 4.45. The van der Waals surface area contributed by atoms with Crippen LogP contribution >= 0.6 is 0 Å². The summed E-state index contributed by atoms with van der Waals surface area (Å²) in [6, 6.07) is 9.84. The molecule has 0 aliphatic rings. The zero-order valence-corrected chi connectivity index (χ0v) is 10.6. The van der Waals surface area contributed by atoms with Gasteiger partial charge in [-0.1, -0.05) is 30.3 Å². The van der Waals surface area contributed by atoms with Crippen LogP contribution in [0.15, 0.2) is 30.3 Å². The number of aliphatic hydroxyl groups excluding tert-OH is 2. The third-order valence-electron chi connectivity index (χ3n) is 2.78. The number of hydrogen-bond donors (Lipinski definition) is 2. The highest BCUT2D eigenvalue weighted by atomic mass is 16.5. The van der Waals surface area contributed by atoms with Crippen LogP contribution in [0.2, 0.25) is 0 Å². The normalized spacial score (nSPS) is 13.9. The van der Waals surface area contributed by atoms with Gasteiger partial charge in [-0.3, -0.25) is 4.79 Å². The Labute approximate surface area is 107 Å². The Bertz CT molecular complexity index is 350. The molecule has 0 unspecified atom stereocenters. The molecular formula is C14H20O4. The lowest BCUT2D eigenvalue weighted by atomic mass is 10.0. The van der Waals surface area contributed by atoms with Gasteiger partial charge in [0.1, 0.15) is 0 Å². The van der Waals surface area contributed by atoms with E-state index in [9.17, 15) is 15.0 Å². The van der Waals surface area contributed by atoms with E-state index in [1.807, 2.05) is 30.3 Å². The molecule has 0 aliphatic carbocycles. The highest BCUT2D eigenvalue weighted by Gasteiger charge is 2.15. The highest BCUT2D eigenvalue weighted by Crippen LogP contribution is 2.10. The van der Waals surface area contributed by atoms with Gasteiger partial charge >= 0.3 is 5.97 Å². The molecule has 0 heterocycles. The summed E-state index contributed by atoms with van der Waals surface area (Å²) in [6.45, 7) is 0. The van der Waals surface area contributed by atoms with Crippen LogP contribution < -0.4 is 0 Å². The van der Waals surface area contributed by atoms with Gasteiger partial charge in [-0.2, -0.15) is 0 Å². The zero-order valence-electron chi connectivity index (χ0n) is 10.6. The molecular weight excluding hydrogens is 232 g/mol. The highest BCUT2D eigenvalue weighted by molar-refractivity contribution is 5.69. The van der Waals surface area contributed by atoms with Gasteiger partial charge in [0.2, 0.25) is 0 Å². The number of methoxy groups -OCH3 is 1. The van der Waals surface area contributed by atoms with Crippen molar-refractivity contribution in [3.05, 3.63) is 35.9 Å². The zero-order chi connectivity index (χ0) is 13.4. The van der Waals surface area contributed by atoms with Crippen LogP contribution in [0.5, 0.6) is 0 Å². The van der Waals surface area contributed by atoms with Gasteiger partial charge < -0.3 is 14.9 Å². The number of ether oxygens (including phenoxy) is 1. The van der Waals surface area contributed by atoms with Crippen LogP contribution in [-0.2, 0) is 16.0 Å². The molecule has 2 atom stereocenters. The van der Waals surface area contributed by atoms with Crippen LogP contribution in [0.4, 0.5) is 0 Å². The van der Waals surface area contributed by atoms with Gasteiger partial charge in [-0.05, 0) is 24.8 Å². The second-order valence-corrected chi connectivity index (χ2v) is 4.35. The van der Waals surface area contributed by atoms with E-state index in [0.29, 0.717) is 6.42 Å². The van der Waals surface area contributed by atoms with Gasteiger partial charge in [0.15, 0.2) is 0 Å². The first kappa shape index (κ1) is 14.7. The van der Waals surface area contributed by atoms with Crippen molar-refractivity contribution < 1.29 is 19.7 Å². The molecule has 100 valence electrons. The third kappa shape index (κ3) is 5.80. The Morgan fingerprint density at radius 1 is 1.22 bits per heavy atom. The standard InChI is InChI=1S/C14H20O4/c1-18-14(17)10-13(16)9-12(15)8-7-11-5-3-2-4-6-11/h2-6,12-13,15-16H,7-10H2,1H3/t12-,13+/m1/s1. The lowest BCUT2D eigenvalue weighted by Gasteiger charge is -2.14. The molecule has 4 heteroatoms. The third-order valence-corrected chi connectivity index (χ3v) is 2.78. The second kappa shape index (κ2) is 7.84. The number of rotatable bonds is 7. The predicted octanol–water partition coefficient (Wildman–Crippen LogP) is 1.29. The van der Waals surface area contributed by atoms with E-state index in [-0.39, 0.29) is 12.8 Å². The first-order valence-electron chi connectivity index (χ1n) is 6.08. The number of aryl methyl sites for hydroxylation is 1. The first-order valence-corrected chi connectivity index (χ1v) is 6.08. The van der Waals surface area contributed by atoms with Gasteiger partial charge in [0.25, 0.3) is 0 Å². The maximum atomic E-state index is 10.9. The van der Waals surface area contributed by atoms with E-state index in [1.165, 1.54) is 7.11 Å². The average Bonchev–Trinajstić information content (AvgIpc) is 2.37. The van der Waals surface area contributed by atoms with Crippen molar-refractivity contribution in [2.75, 3.05) is 7.11 Å². The number of carbonyl (C=O) groups is 1. The van der Waals surface area contributed by atoms with Crippen LogP contribution in [0.3, 0.4) is 0 Å². The summed E-state index contributed by atoms with van der Waals surface area (Å²) in [5, 5.41) is 19.3. The minimum absolute atomic E-state index is 0.0705. The van der Waals surface area contributed by atoms with Crippen molar-refractivity contribution in [1.82, 2.24) is 0 Å². The topological polar surface area (TPSA) is 66.8 Å². The number of benzene rings is 1. The van der Waals surface area contributed by atoms with Gasteiger partial charge in [0, 0.05) is 0 Å². The molecule has 1 aromatic carbocycles. The summed E-state index contributed by atoms with van der Waals surface area (Å²) in [5.74, 6) is -0.460. The monoisotopic (exact) mass is 252 g/mol. The molecule has 18 heavy (non-hydrogen) atoms. The summed E-state index contributed by atoms with van der Waals surface area (Å²) in [7, 11) is 1.28. The molecule has 2 N–H and O–H groups in total. The summed E-state index contributed by atoms with van der Waals surface area (Å²) in [4.78, 5) is 10.9. The molecule has 0 amide bonds. The van der Waals surface area contributed by atoms with Gasteiger partial charge in [-0.25, -0.2) is 0 Å². The number of carbonyl (C=O) groups excluding carboxylic acids is 1. The van der Waals surface area contributed by atoms with E-state index >= 15 is 0 Å². The lowest BCUT2D eigenvalue weighted by Crippen LogP contribution is -2.21. The first-order chi connectivity index (χ1) is 8.61. The largest absolute Gasteiger partial charge is 0.469 e. The van der Waals surface area contributed by atoms with Gasteiger partial charge in [0.05, 0.1) is 25.7 Å². The van der Waals surface area contributed by atoms with E-state index in [1.54, 1.807) is 0 Å². The molecule has 4 nitrogen and oxygen atoms in total. The Morgan fingerprint density at radius 3 is 2.50 bits per heavy atom. The minimum atomic E-state index is -0.844. The van der Waals surface area contributed by atoms with Crippen molar-refractivity contribution >= 4 is 5.97 Å². The minimum Gasteiger partial charge on any atom is -0.469 e. The van der Waals surface area contributed by atoms with E-state index < -0.39 is 18.2 Å². The Hall–Kier alpha value is -1.39. The fraction of sp³-hybridized carbons (Fsp3) is 0.500. The average molecular weight is 252 g/mol.